The number of imidazole rings is 1. The second-order valence-corrected chi connectivity index (χ2v) is 8.31. The molecule has 3 aromatic heterocycles. The van der Waals surface area contributed by atoms with Crippen LogP contribution in [0.2, 0.25) is 0 Å². The van der Waals surface area contributed by atoms with E-state index in [0.29, 0.717) is 6.04 Å². The van der Waals surface area contributed by atoms with Gasteiger partial charge in [0.25, 0.3) is 0 Å². The monoisotopic (exact) mass is 361 g/mol. The fraction of sp³-hybridized carbons (Fsp3) is 0.400. The van der Waals surface area contributed by atoms with Gasteiger partial charge in [-0.2, -0.15) is 5.10 Å². The summed E-state index contributed by atoms with van der Waals surface area (Å²) in [6.07, 6.45) is 3.48. The molecule has 0 N–H and O–H groups in total. The van der Waals surface area contributed by atoms with Crippen LogP contribution in [0.1, 0.15) is 32.6 Å². The lowest BCUT2D eigenvalue weighted by Crippen LogP contribution is -2.49. The predicted molar refractivity (Wildman–Crippen MR) is 106 cm³/mol. The first-order valence-corrected chi connectivity index (χ1v) is 9.28. The van der Waals surface area contributed by atoms with Crippen LogP contribution in [0.25, 0.3) is 22.1 Å². The van der Waals surface area contributed by atoms with Gasteiger partial charge in [0, 0.05) is 25.6 Å². The van der Waals surface area contributed by atoms with Crippen molar-refractivity contribution in [3.05, 3.63) is 42.6 Å². The molecule has 7 heteroatoms. The number of hydrogen-bond donors (Lipinski definition) is 0. The van der Waals surface area contributed by atoms with Crippen molar-refractivity contribution in [3.63, 3.8) is 0 Å². The lowest BCUT2D eigenvalue weighted by molar-refractivity contribution is 0.372. The molecule has 0 amide bonds. The summed E-state index contributed by atoms with van der Waals surface area (Å²) in [7, 11) is 1.91. The van der Waals surface area contributed by atoms with Crippen LogP contribution >= 0.6 is 0 Å². The maximum absolute atomic E-state index is 4.94. The van der Waals surface area contributed by atoms with E-state index in [0.717, 1.165) is 41.3 Å². The summed E-state index contributed by atoms with van der Waals surface area (Å²) in [6, 6.07) is 8.80. The van der Waals surface area contributed by atoms with Crippen LogP contribution in [0.5, 0.6) is 0 Å². The highest BCUT2D eigenvalue weighted by Gasteiger charge is 2.35. The maximum Gasteiger partial charge on any atom is 0.163 e. The van der Waals surface area contributed by atoms with Gasteiger partial charge in [-0.05, 0) is 12.1 Å². The molecule has 0 spiro atoms. The second kappa shape index (κ2) is 5.52. The van der Waals surface area contributed by atoms with Crippen LogP contribution in [-0.2, 0) is 12.5 Å². The Kier molecular flexibility index (Phi) is 3.32. The Bertz CT molecular complexity index is 1140. The molecule has 1 aliphatic rings. The molecule has 138 valence electrons. The summed E-state index contributed by atoms with van der Waals surface area (Å²) < 4.78 is 4.21. The fourth-order valence-electron chi connectivity index (χ4n) is 3.94. The molecule has 1 aromatic carbocycles. The predicted octanol–water partition coefficient (Wildman–Crippen LogP) is 3.07. The number of anilines is 1. The maximum atomic E-state index is 4.94. The Morgan fingerprint density at radius 2 is 1.85 bits per heavy atom. The third-order valence-electron chi connectivity index (χ3n) is 5.30. The van der Waals surface area contributed by atoms with Crippen LogP contribution in [0.15, 0.2) is 36.8 Å². The molecule has 5 rings (SSSR count). The molecule has 0 atom stereocenters. The fourth-order valence-corrected chi connectivity index (χ4v) is 3.94. The first kappa shape index (κ1) is 16.2. The van der Waals surface area contributed by atoms with Gasteiger partial charge in [0.15, 0.2) is 5.65 Å². The zero-order valence-electron chi connectivity index (χ0n) is 16.1. The smallest absolute Gasteiger partial charge is 0.163 e. The standard InChI is InChI=1S/C20H23N7/c1-20(2,3)19-24-15-7-5-6-8-16(15)27(19)13-10-26(11-13)18-14-9-23-25(4)17(14)21-12-22-18/h5-9,12-13H,10-11H2,1-4H3. The third-order valence-corrected chi connectivity index (χ3v) is 5.30. The number of aromatic nitrogens is 6. The molecule has 1 fully saturated rings. The van der Waals surface area contributed by atoms with E-state index in [9.17, 15) is 0 Å². The van der Waals surface area contributed by atoms with Crippen molar-refractivity contribution in [2.75, 3.05) is 18.0 Å². The van der Waals surface area contributed by atoms with Gasteiger partial charge in [0.1, 0.15) is 18.0 Å². The minimum Gasteiger partial charge on any atom is -0.352 e. The number of hydrogen-bond acceptors (Lipinski definition) is 5. The van der Waals surface area contributed by atoms with Crippen molar-refractivity contribution >= 4 is 27.9 Å². The Morgan fingerprint density at radius 1 is 1.07 bits per heavy atom. The Labute approximate surface area is 157 Å². The van der Waals surface area contributed by atoms with Gasteiger partial charge >= 0.3 is 0 Å². The first-order valence-electron chi connectivity index (χ1n) is 9.28. The summed E-state index contributed by atoms with van der Waals surface area (Å²) in [5.41, 5.74) is 3.14. The largest absolute Gasteiger partial charge is 0.352 e. The molecular formula is C20H23N7. The molecule has 4 aromatic rings. The van der Waals surface area contributed by atoms with Crippen LogP contribution in [-0.4, -0.2) is 42.4 Å². The van der Waals surface area contributed by atoms with E-state index >= 15 is 0 Å². The summed E-state index contributed by atoms with van der Waals surface area (Å²) in [5, 5.41) is 5.33. The number of benzene rings is 1. The Morgan fingerprint density at radius 3 is 2.63 bits per heavy atom. The average molecular weight is 361 g/mol. The average Bonchev–Trinajstić information content (AvgIpc) is 3.16. The number of rotatable bonds is 2. The number of fused-ring (bicyclic) bond motifs is 2. The van der Waals surface area contributed by atoms with Crippen molar-refractivity contribution in [2.45, 2.75) is 32.2 Å². The van der Waals surface area contributed by atoms with Crippen LogP contribution in [0.4, 0.5) is 5.82 Å². The summed E-state index contributed by atoms with van der Waals surface area (Å²) >= 11 is 0. The van der Waals surface area contributed by atoms with Crippen molar-refractivity contribution < 1.29 is 0 Å². The van der Waals surface area contributed by atoms with Crippen molar-refractivity contribution in [1.29, 1.82) is 0 Å². The summed E-state index contributed by atoms with van der Waals surface area (Å²) in [6.45, 7) is 8.50. The summed E-state index contributed by atoms with van der Waals surface area (Å²) in [5.74, 6) is 2.11. The van der Waals surface area contributed by atoms with Gasteiger partial charge < -0.3 is 9.47 Å². The van der Waals surface area contributed by atoms with Gasteiger partial charge in [-0.3, -0.25) is 4.68 Å². The zero-order valence-corrected chi connectivity index (χ0v) is 16.1. The first-order chi connectivity index (χ1) is 12.9. The second-order valence-electron chi connectivity index (χ2n) is 8.31. The van der Waals surface area contributed by atoms with Gasteiger partial charge in [-0.25, -0.2) is 15.0 Å². The molecule has 0 unspecified atom stereocenters. The van der Waals surface area contributed by atoms with E-state index in [4.69, 9.17) is 4.98 Å². The molecular weight excluding hydrogens is 338 g/mol. The molecule has 0 saturated carbocycles. The minimum atomic E-state index is -0.00895. The van der Waals surface area contributed by atoms with Crippen molar-refractivity contribution in [3.8, 4) is 0 Å². The van der Waals surface area contributed by atoms with E-state index in [-0.39, 0.29) is 5.41 Å². The molecule has 27 heavy (non-hydrogen) atoms. The topological polar surface area (TPSA) is 64.7 Å². The minimum absolute atomic E-state index is 0.00895. The number of aryl methyl sites for hydroxylation is 1. The quantitative estimate of drug-likeness (QED) is 0.549. The molecule has 1 saturated heterocycles. The lowest BCUT2D eigenvalue weighted by Gasteiger charge is -2.42. The van der Waals surface area contributed by atoms with E-state index in [1.807, 2.05) is 13.2 Å². The number of nitrogens with zero attached hydrogens (tertiary/aromatic N) is 7. The Balaban J connectivity index is 1.52. The molecule has 0 aliphatic carbocycles. The van der Waals surface area contributed by atoms with Crippen LogP contribution in [0, 0.1) is 0 Å². The van der Waals surface area contributed by atoms with Gasteiger partial charge in [-0.15, -0.1) is 0 Å². The molecule has 0 radical (unpaired) electrons. The molecule has 7 nitrogen and oxygen atoms in total. The van der Waals surface area contributed by atoms with Gasteiger partial charge in [0.05, 0.1) is 28.7 Å². The third kappa shape index (κ3) is 2.41. The van der Waals surface area contributed by atoms with E-state index in [1.54, 1.807) is 11.0 Å². The van der Waals surface area contributed by atoms with Crippen LogP contribution < -0.4 is 4.90 Å². The highest BCUT2D eigenvalue weighted by Crippen LogP contribution is 2.36. The highest BCUT2D eigenvalue weighted by atomic mass is 15.3. The molecule has 4 heterocycles. The van der Waals surface area contributed by atoms with E-state index < -0.39 is 0 Å². The lowest BCUT2D eigenvalue weighted by atomic mass is 9.94. The Hall–Kier alpha value is -2.96. The van der Waals surface area contributed by atoms with Crippen molar-refractivity contribution in [1.82, 2.24) is 29.3 Å². The molecule has 1 aliphatic heterocycles. The van der Waals surface area contributed by atoms with Gasteiger partial charge in [0.2, 0.25) is 0 Å². The van der Waals surface area contributed by atoms with Crippen LogP contribution in [0.3, 0.4) is 0 Å². The zero-order chi connectivity index (χ0) is 18.8. The number of para-hydroxylation sites is 2. The summed E-state index contributed by atoms with van der Waals surface area (Å²) in [4.78, 5) is 16.1. The SMILES string of the molecule is Cn1ncc2c(N3CC(n4c(C(C)(C)C)nc5ccccc54)C3)ncnc21. The normalized spacial score (nSPS) is 15.6. The highest BCUT2D eigenvalue weighted by molar-refractivity contribution is 5.87. The van der Waals surface area contributed by atoms with E-state index in [1.165, 1.54) is 5.52 Å². The van der Waals surface area contributed by atoms with E-state index in [2.05, 4.69) is 69.6 Å². The van der Waals surface area contributed by atoms with Gasteiger partial charge in [-0.1, -0.05) is 32.9 Å². The molecule has 0 bridgehead atoms. The van der Waals surface area contributed by atoms with Crippen molar-refractivity contribution in [2.24, 2.45) is 7.05 Å².